The maximum absolute atomic E-state index is 13.8. The van der Waals surface area contributed by atoms with Crippen molar-refractivity contribution in [2.75, 3.05) is 6.61 Å². The second kappa shape index (κ2) is 6.73. The summed E-state index contributed by atoms with van der Waals surface area (Å²) in [5.74, 6) is 0.400. The third-order valence-corrected chi connectivity index (χ3v) is 3.46. The maximum Gasteiger partial charge on any atom is 0.127 e. The predicted octanol–water partition coefficient (Wildman–Crippen LogP) is 4.12. The minimum Gasteiger partial charge on any atom is -0.494 e. The highest BCUT2D eigenvalue weighted by atomic mass is 35.5. The van der Waals surface area contributed by atoms with Gasteiger partial charge in [0.25, 0.3) is 0 Å². The summed E-state index contributed by atoms with van der Waals surface area (Å²) in [5, 5.41) is 0.398. The molecule has 0 saturated heterocycles. The molecule has 0 aliphatic heterocycles. The van der Waals surface area contributed by atoms with Crippen LogP contribution in [0.1, 0.15) is 24.1 Å². The van der Waals surface area contributed by atoms with Crippen molar-refractivity contribution in [1.29, 1.82) is 0 Å². The Labute approximate surface area is 123 Å². The smallest absolute Gasteiger partial charge is 0.127 e. The predicted molar refractivity (Wildman–Crippen MR) is 79.7 cm³/mol. The summed E-state index contributed by atoms with van der Waals surface area (Å²) in [4.78, 5) is 0. The Morgan fingerprint density at radius 1 is 1.20 bits per heavy atom. The van der Waals surface area contributed by atoms with Crippen LogP contribution in [-0.2, 0) is 6.42 Å². The Kier molecular flexibility index (Phi) is 4.99. The van der Waals surface area contributed by atoms with E-state index in [0.29, 0.717) is 23.6 Å². The molecule has 106 valence electrons. The van der Waals surface area contributed by atoms with Crippen molar-refractivity contribution in [2.24, 2.45) is 5.73 Å². The first-order chi connectivity index (χ1) is 9.63. The van der Waals surface area contributed by atoms with Gasteiger partial charge >= 0.3 is 0 Å². The Morgan fingerprint density at radius 2 is 1.95 bits per heavy atom. The van der Waals surface area contributed by atoms with Crippen molar-refractivity contribution >= 4 is 11.6 Å². The van der Waals surface area contributed by atoms with Gasteiger partial charge in [0, 0.05) is 22.2 Å². The van der Waals surface area contributed by atoms with E-state index >= 15 is 0 Å². The fourth-order valence-corrected chi connectivity index (χ4v) is 2.37. The molecule has 2 N–H and O–H groups in total. The summed E-state index contributed by atoms with van der Waals surface area (Å²) in [6.45, 7) is 2.47. The molecule has 20 heavy (non-hydrogen) atoms. The van der Waals surface area contributed by atoms with Gasteiger partial charge in [0.2, 0.25) is 0 Å². The number of halogens is 2. The number of hydrogen-bond acceptors (Lipinski definition) is 2. The molecule has 0 amide bonds. The Hall–Kier alpha value is -1.58. The van der Waals surface area contributed by atoms with Gasteiger partial charge in [-0.2, -0.15) is 0 Å². The summed E-state index contributed by atoms with van der Waals surface area (Å²) < 4.78 is 19.4. The third kappa shape index (κ3) is 3.30. The molecule has 0 fully saturated rings. The zero-order valence-corrected chi connectivity index (χ0v) is 12.0. The highest BCUT2D eigenvalue weighted by Gasteiger charge is 2.16. The van der Waals surface area contributed by atoms with Crippen LogP contribution in [-0.4, -0.2) is 6.61 Å². The lowest BCUT2D eigenvalue weighted by molar-refractivity contribution is 0.334. The van der Waals surface area contributed by atoms with E-state index < -0.39 is 0 Å². The van der Waals surface area contributed by atoms with Crippen LogP contribution in [0.3, 0.4) is 0 Å². The molecular weight excluding hydrogens is 277 g/mol. The summed E-state index contributed by atoms with van der Waals surface area (Å²) in [6.07, 6.45) is 0.329. The quantitative estimate of drug-likeness (QED) is 0.900. The highest BCUT2D eigenvalue weighted by Crippen LogP contribution is 2.29. The van der Waals surface area contributed by atoms with E-state index in [1.165, 1.54) is 6.07 Å². The van der Waals surface area contributed by atoms with Gasteiger partial charge in [-0.3, -0.25) is 0 Å². The van der Waals surface area contributed by atoms with Crippen LogP contribution in [0.4, 0.5) is 4.39 Å². The van der Waals surface area contributed by atoms with Crippen LogP contribution in [0.2, 0.25) is 5.02 Å². The van der Waals surface area contributed by atoms with Gasteiger partial charge < -0.3 is 10.5 Å². The molecule has 2 aromatic rings. The molecule has 1 atom stereocenters. The molecule has 0 radical (unpaired) electrons. The Morgan fingerprint density at radius 3 is 2.65 bits per heavy atom. The summed E-state index contributed by atoms with van der Waals surface area (Å²) in [7, 11) is 0. The zero-order chi connectivity index (χ0) is 14.5. The second-order valence-corrected chi connectivity index (χ2v) is 4.89. The van der Waals surface area contributed by atoms with Crippen molar-refractivity contribution in [3.8, 4) is 5.75 Å². The van der Waals surface area contributed by atoms with Crippen molar-refractivity contribution in [3.05, 3.63) is 64.4 Å². The van der Waals surface area contributed by atoms with E-state index in [0.717, 1.165) is 11.3 Å². The average Bonchev–Trinajstić information content (AvgIpc) is 2.44. The minimum atomic E-state index is -0.368. The van der Waals surface area contributed by atoms with Gasteiger partial charge in [-0.25, -0.2) is 4.39 Å². The molecule has 0 aliphatic carbocycles. The molecule has 2 rings (SSSR count). The lowest BCUT2D eigenvalue weighted by Gasteiger charge is -2.17. The van der Waals surface area contributed by atoms with Crippen LogP contribution in [0, 0.1) is 5.82 Å². The number of hydrogen-bond donors (Lipinski definition) is 1. The van der Waals surface area contributed by atoms with Crippen molar-refractivity contribution in [1.82, 2.24) is 0 Å². The number of ether oxygens (including phenoxy) is 1. The second-order valence-electron chi connectivity index (χ2n) is 4.48. The van der Waals surface area contributed by atoms with Crippen molar-refractivity contribution in [2.45, 2.75) is 19.4 Å². The van der Waals surface area contributed by atoms with E-state index in [4.69, 9.17) is 22.1 Å². The fourth-order valence-electron chi connectivity index (χ4n) is 2.13. The van der Waals surface area contributed by atoms with Gasteiger partial charge in [0.15, 0.2) is 0 Å². The molecule has 2 nitrogen and oxygen atoms in total. The molecule has 2 aromatic carbocycles. The molecular formula is C16H17ClFNO. The van der Waals surface area contributed by atoms with E-state index in [9.17, 15) is 4.39 Å². The average molecular weight is 294 g/mol. The molecule has 0 aromatic heterocycles. The van der Waals surface area contributed by atoms with Crippen LogP contribution < -0.4 is 10.5 Å². The minimum absolute atomic E-state index is 0.329. The van der Waals surface area contributed by atoms with Gasteiger partial charge in [-0.1, -0.05) is 35.9 Å². The number of rotatable bonds is 5. The fraction of sp³-hybridized carbons (Fsp3) is 0.250. The van der Waals surface area contributed by atoms with Gasteiger partial charge in [-0.15, -0.1) is 0 Å². The highest BCUT2D eigenvalue weighted by molar-refractivity contribution is 6.31. The number of nitrogens with two attached hydrogens (primary N) is 1. The molecule has 0 heterocycles. The molecule has 1 unspecified atom stereocenters. The van der Waals surface area contributed by atoms with E-state index in [1.807, 2.05) is 31.2 Å². The topological polar surface area (TPSA) is 35.2 Å². The van der Waals surface area contributed by atoms with E-state index in [1.54, 1.807) is 12.1 Å². The summed E-state index contributed by atoms with van der Waals surface area (Å²) in [5.41, 5.74) is 7.48. The summed E-state index contributed by atoms with van der Waals surface area (Å²) >= 11 is 6.04. The van der Waals surface area contributed by atoms with Crippen molar-refractivity contribution in [3.63, 3.8) is 0 Å². The van der Waals surface area contributed by atoms with Crippen LogP contribution in [0.15, 0.2) is 42.5 Å². The SMILES string of the molecule is CCOc1ccccc1C(N)Cc1c(F)cccc1Cl. The van der Waals surface area contributed by atoms with Crippen molar-refractivity contribution < 1.29 is 9.13 Å². The largest absolute Gasteiger partial charge is 0.494 e. The number of para-hydroxylation sites is 1. The van der Waals surface area contributed by atoms with Crippen LogP contribution >= 0.6 is 11.6 Å². The molecule has 0 saturated carbocycles. The van der Waals surface area contributed by atoms with E-state index in [2.05, 4.69) is 0 Å². The van der Waals surface area contributed by atoms with E-state index in [-0.39, 0.29) is 11.9 Å². The standard InChI is InChI=1S/C16H17ClFNO/c1-2-20-16-9-4-3-6-11(16)15(19)10-12-13(17)7-5-8-14(12)18/h3-9,15H,2,10,19H2,1H3. The lowest BCUT2D eigenvalue weighted by atomic mass is 9.98. The molecule has 0 bridgehead atoms. The first-order valence-electron chi connectivity index (χ1n) is 6.53. The molecule has 0 aliphatic rings. The van der Waals surface area contributed by atoms with Crippen LogP contribution in [0.25, 0.3) is 0 Å². The zero-order valence-electron chi connectivity index (χ0n) is 11.3. The van der Waals surface area contributed by atoms with Gasteiger partial charge in [0.1, 0.15) is 11.6 Å². The molecule has 0 spiro atoms. The normalized spacial score (nSPS) is 12.2. The Balaban J connectivity index is 2.26. The Bertz CT molecular complexity index is 568. The summed E-state index contributed by atoms with van der Waals surface area (Å²) in [6, 6.07) is 11.8. The third-order valence-electron chi connectivity index (χ3n) is 3.10. The number of benzene rings is 2. The first-order valence-corrected chi connectivity index (χ1v) is 6.91. The van der Waals surface area contributed by atoms with Gasteiger partial charge in [-0.05, 0) is 31.5 Å². The first kappa shape index (κ1) is 14.8. The van der Waals surface area contributed by atoms with Crippen LogP contribution in [0.5, 0.6) is 5.75 Å². The monoisotopic (exact) mass is 293 g/mol. The van der Waals surface area contributed by atoms with Gasteiger partial charge in [0.05, 0.1) is 6.61 Å². The maximum atomic E-state index is 13.8. The lowest BCUT2D eigenvalue weighted by Crippen LogP contribution is -2.16. The molecule has 4 heteroatoms.